The molecule has 0 aliphatic heterocycles. The number of hydrogen-bond acceptors (Lipinski definition) is 5. The highest BCUT2D eigenvalue weighted by molar-refractivity contribution is 7.93. The molecule has 0 unspecified atom stereocenters. The van der Waals surface area contributed by atoms with Crippen molar-refractivity contribution in [3.63, 3.8) is 0 Å². The van der Waals surface area contributed by atoms with Crippen molar-refractivity contribution >= 4 is 16.1 Å². The normalized spacial score (nSPS) is 15.0. The molecular weight excluding hydrogens is 252 g/mol. The summed E-state index contributed by atoms with van der Waals surface area (Å²) >= 11 is 0. The van der Waals surface area contributed by atoms with E-state index in [-0.39, 0.29) is 11.3 Å². The molecule has 1 aromatic rings. The molecular formula is C12H17N2O3S. The molecule has 0 saturated carbocycles. The molecule has 0 heterocycles. The fourth-order valence-electron chi connectivity index (χ4n) is 1.58. The summed E-state index contributed by atoms with van der Waals surface area (Å²) < 4.78 is 24.5. The minimum absolute atomic E-state index is 0.0188. The third-order valence-electron chi connectivity index (χ3n) is 2.71. The summed E-state index contributed by atoms with van der Waals surface area (Å²) in [6.07, 6.45) is 2.58. The monoisotopic (exact) mass is 269 g/mol. The van der Waals surface area contributed by atoms with Gasteiger partial charge in [-0.1, -0.05) is 18.2 Å². The van der Waals surface area contributed by atoms with Gasteiger partial charge in [-0.2, -0.15) is 0 Å². The molecule has 0 aliphatic rings. The van der Waals surface area contributed by atoms with E-state index in [0.29, 0.717) is 19.4 Å². The Morgan fingerprint density at radius 1 is 1.17 bits per heavy atom. The lowest BCUT2D eigenvalue weighted by Gasteiger charge is -2.22. The standard InChI is InChI=1S/C12H17N2O3S/c13-9-5-4-8-12(14,10-15)18(16,17)11-6-2-1-3-7-11/h1-3,6-7H,4-5,8-9,13-14H2/t12-/m1/s1. The van der Waals surface area contributed by atoms with Crippen molar-refractivity contribution in [1.82, 2.24) is 0 Å². The lowest BCUT2D eigenvalue weighted by atomic mass is 10.1. The van der Waals surface area contributed by atoms with E-state index in [0.717, 1.165) is 0 Å². The van der Waals surface area contributed by atoms with E-state index >= 15 is 0 Å². The lowest BCUT2D eigenvalue weighted by molar-refractivity contribution is 0.493. The first-order valence-corrected chi connectivity index (χ1v) is 7.14. The van der Waals surface area contributed by atoms with E-state index < -0.39 is 14.7 Å². The van der Waals surface area contributed by atoms with Gasteiger partial charge in [-0.3, -0.25) is 4.79 Å². The predicted molar refractivity (Wildman–Crippen MR) is 69.1 cm³/mol. The molecule has 1 radical (unpaired) electrons. The topological polar surface area (TPSA) is 103 Å². The molecule has 1 aromatic carbocycles. The summed E-state index contributed by atoms with van der Waals surface area (Å²) in [6.45, 7) is 0.431. The average molecular weight is 269 g/mol. The molecule has 5 nitrogen and oxygen atoms in total. The summed E-state index contributed by atoms with van der Waals surface area (Å²) in [6, 6.07) is 7.68. The zero-order chi connectivity index (χ0) is 13.6. The van der Waals surface area contributed by atoms with Gasteiger partial charge >= 0.3 is 0 Å². The van der Waals surface area contributed by atoms with Crippen molar-refractivity contribution < 1.29 is 13.2 Å². The zero-order valence-corrected chi connectivity index (χ0v) is 10.8. The van der Waals surface area contributed by atoms with Gasteiger partial charge in [-0.05, 0) is 37.9 Å². The SMILES string of the molecule is NCCCC[C@](N)([C]=O)S(=O)(=O)c1ccccc1. The molecule has 0 amide bonds. The Morgan fingerprint density at radius 3 is 2.28 bits per heavy atom. The van der Waals surface area contributed by atoms with Gasteiger partial charge < -0.3 is 11.5 Å². The van der Waals surface area contributed by atoms with Crippen LogP contribution in [0.5, 0.6) is 0 Å². The summed E-state index contributed by atoms with van der Waals surface area (Å²) in [5, 5.41) is 0. The van der Waals surface area contributed by atoms with Gasteiger partial charge in [-0.25, -0.2) is 8.42 Å². The number of sulfone groups is 1. The maximum atomic E-state index is 12.3. The Kier molecular flexibility index (Phi) is 5.01. The molecule has 4 N–H and O–H groups in total. The van der Waals surface area contributed by atoms with Crippen LogP contribution in [0, 0.1) is 0 Å². The van der Waals surface area contributed by atoms with Crippen molar-refractivity contribution in [1.29, 1.82) is 0 Å². The smallest absolute Gasteiger partial charge is 0.237 e. The second-order valence-electron chi connectivity index (χ2n) is 4.05. The van der Waals surface area contributed by atoms with Crippen molar-refractivity contribution in [2.24, 2.45) is 11.5 Å². The third-order valence-corrected chi connectivity index (χ3v) is 4.85. The van der Waals surface area contributed by atoms with Crippen LogP contribution in [-0.4, -0.2) is 26.1 Å². The van der Waals surface area contributed by atoms with E-state index in [4.69, 9.17) is 11.5 Å². The minimum Gasteiger partial charge on any atom is -0.330 e. The Labute approximate surface area is 107 Å². The van der Waals surface area contributed by atoms with Gasteiger partial charge in [0.2, 0.25) is 16.1 Å². The molecule has 0 aliphatic carbocycles. The quantitative estimate of drug-likeness (QED) is 0.695. The lowest BCUT2D eigenvalue weighted by Crippen LogP contribution is -2.49. The Balaban J connectivity index is 3.03. The van der Waals surface area contributed by atoms with Crippen LogP contribution in [0.25, 0.3) is 0 Å². The summed E-state index contributed by atoms with van der Waals surface area (Å²) in [5.41, 5.74) is 11.0. The molecule has 1 atom stereocenters. The van der Waals surface area contributed by atoms with Crippen molar-refractivity contribution in [3.05, 3.63) is 30.3 Å². The van der Waals surface area contributed by atoms with Crippen molar-refractivity contribution in [2.45, 2.75) is 29.0 Å². The molecule has 0 spiro atoms. The molecule has 6 heteroatoms. The van der Waals surface area contributed by atoms with Crippen LogP contribution in [0.15, 0.2) is 35.2 Å². The van der Waals surface area contributed by atoms with Crippen LogP contribution in [0.4, 0.5) is 0 Å². The van der Waals surface area contributed by atoms with Crippen molar-refractivity contribution in [2.75, 3.05) is 6.54 Å². The fourth-order valence-corrected chi connectivity index (χ4v) is 3.04. The molecule has 0 saturated heterocycles. The number of unbranched alkanes of at least 4 members (excludes halogenated alkanes) is 1. The molecule has 18 heavy (non-hydrogen) atoms. The van der Waals surface area contributed by atoms with Gasteiger partial charge in [-0.15, -0.1) is 0 Å². The van der Waals surface area contributed by atoms with E-state index in [1.165, 1.54) is 18.4 Å². The highest BCUT2D eigenvalue weighted by Gasteiger charge is 2.41. The molecule has 0 fully saturated rings. The summed E-state index contributed by atoms with van der Waals surface area (Å²) in [7, 11) is -3.92. The van der Waals surface area contributed by atoms with Gasteiger partial charge in [0.15, 0.2) is 4.87 Å². The van der Waals surface area contributed by atoms with E-state index in [1.807, 2.05) is 0 Å². The van der Waals surface area contributed by atoms with Gasteiger partial charge in [0.1, 0.15) is 0 Å². The fraction of sp³-hybridized carbons (Fsp3) is 0.417. The van der Waals surface area contributed by atoms with Crippen LogP contribution in [-0.2, 0) is 14.6 Å². The van der Waals surface area contributed by atoms with Crippen LogP contribution < -0.4 is 11.5 Å². The first kappa shape index (κ1) is 14.8. The van der Waals surface area contributed by atoms with E-state index in [9.17, 15) is 13.2 Å². The number of rotatable bonds is 7. The molecule has 0 aromatic heterocycles. The maximum absolute atomic E-state index is 12.3. The summed E-state index contributed by atoms with van der Waals surface area (Å²) in [4.78, 5) is 9.02. The van der Waals surface area contributed by atoms with Gasteiger partial charge in [0, 0.05) is 0 Å². The highest BCUT2D eigenvalue weighted by Crippen LogP contribution is 2.24. The molecule has 1 rings (SSSR count). The predicted octanol–water partition coefficient (Wildman–Crippen LogP) is 0.354. The average Bonchev–Trinajstić information content (AvgIpc) is 2.39. The molecule has 0 bridgehead atoms. The number of hydrogen-bond donors (Lipinski definition) is 2. The number of benzene rings is 1. The van der Waals surface area contributed by atoms with Crippen molar-refractivity contribution in [3.8, 4) is 0 Å². The van der Waals surface area contributed by atoms with Crippen LogP contribution in [0.3, 0.4) is 0 Å². The Bertz CT molecular complexity index is 487. The Morgan fingerprint density at radius 2 is 1.78 bits per heavy atom. The highest BCUT2D eigenvalue weighted by atomic mass is 32.2. The minimum atomic E-state index is -3.92. The van der Waals surface area contributed by atoms with Crippen LogP contribution >= 0.6 is 0 Å². The second kappa shape index (κ2) is 6.08. The van der Waals surface area contributed by atoms with E-state index in [2.05, 4.69) is 0 Å². The number of carbonyl (C=O) groups excluding carboxylic acids is 1. The second-order valence-corrected chi connectivity index (χ2v) is 6.26. The van der Waals surface area contributed by atoms with E-state index in [1.54, 1.807) is 18.2 Å². The van der Waals surface area contributed by atoms with Gasteiger partial charge in [0.05, 0.1) is 4.90 Å². The first-order valence-electron chi connectivity index (χ1n) is 5.66. The third kappa shape index (κ3) is 2.95. The van der Waals surface area contributed by atoms with Gasteiger partial charge in [0.25, 0.3) is 0 Å². The molecule has 99 valence electrons. The maximum Gasteiger partial charge on any atom is 0.237 e. The first-order chi connectivity index (χ1) is 8.48. The van der Waals surface area contributed by atoms with Crippen LogP contribution in [0.2, 0.25) is 0 Å². The zero-order valence-electron chi connectivity index (χ0n) is 10.0. The Hall–Kier alpha value is -1.24. The van der Waals surface area contributed by atoms with Crippen LogP contribution in [0.1, 0.15) is 19.3 Å². The number of nitrogens with two attached hydrogens (primary N) is 2. The largest absolute Gasteiger partial charge is 0.330 e. The summed E-state index contributed by atoms with van der Waals surface area (Å²) in [5.74, 6) is 0.